The summed E-state index contributed by atoms with van der Waals surface area (Å²) in [6.45, 7) is 0. The highest BCUT2D eigenvalue weighted by Crippen LogP contribution is 2.58. The highest BCUT2D eigenvalue weighted by molar-refractivity contribution is 5.19. The van der Waals surface area contributed by atoms with Gasteiger partial charge in [0.1, 0.15) is 0 Å². The first-order chi connectivity index (χ1) is 35.4. The van der Waals surface area contributed by atoms with Crippen molar-refractivity contribution in [3.8, 4) is 0 Å². The molecule has 0 aromatic carbocycles. The van der Waals surface area contributed by atoms with Crippen LogP contribution in [0.3, 0.4) is 0 Å². The lowest BCUT2D eigenvalue weighted by Gasteiger charge is -2.54. The van der Waals surface area contributed by atoms with E-state index < -0.39 is 0 Å². The zero-order valence-electron chi connectivity index (χ0n) is 45.1. The highest BCUT2D eigenvalue weighted by atomic mass is 16.5. The molecule has 0 aromatic heterocycles. The maximum absolute atomic E-state index is 6.87. The van der Waals surface area contributed by atoms with Crippen molar-refractivity contribution in [2.45, 2.75) is 201 Å². The van der Waals surface area contributed by atoms with E-state index in [9.17, 15) is 0 Å². The van der Waals surface area contributed by atoms with E-state index in [4.69, 9.17) is 37.9 Å². The Balaban J connectivity index is 0.961. The van der Waals surface area contributed by atoms with E-state index in [1.807, 2.05) is 56.9 Å². The predicted octanol–water partition coefficient (Wildman–Crippen LogP) is 3.71. The number of nitrogens with one attached hydrogen (secondary N) is 8. The maximum atomic E-state index is 6.87. The normalized spacial score (nSPS) is 57.7. The first kappa shape index (κ1) is 50.8. The molecule has 16 nitrogen and oxygen atoms in total. The Morgan fingerprint density at radius 3 is 0.403 bits per heavy atom. The van der Waals surface area contributed by atoms with Crippen LogP contribution in [0.4, 0.5) is 0 Å². The van der Waals surface area contributed by atoms with Crippen molar-refractivity contribution in [3.05, 3.63) is 0 Å². The molecule has 0 amide bonds. The van der Waals surface area contributed by atoms with E-state index in [0.29, 0.717) is 47.3 Å². The van der Waals surface area contributed by atoms with Gasteiger partial charge in [0.15, 0.2) is 0 Å². The third-order valence-corrected chi connectivity index (χ3v) is 23.8. The molecular weight excluding hydrogens is 913 g/mol. The van der Waals surface area contributed by atoms with E-state index in [1.54, 1.807) is 0 Å². The third-order valence-electron chi connectivity index (χ3n) is 23.8. The molecule has 72 heavy (non-hydrogen) atoms. The van der Waals surface area contributed by atoms with Crippen LogP contribution in [0, 0.1) is 94.7 Å². The molecule has 16 heteroatoms. The van der Waals surface area contributed by atoms with Crippen LogP contribution in [-0.2, 0) is 37.9 Å². The van der Waals surface area contributed by atoms with Crippen molar-refractivity contribution in [2.24, 2.45) is 94.7 Å². The fraction of sp³-hybridized carbons (Fsp3) is 1.00. The summed E-state index contributed by atoms with van der Waals surface area (Å²) >= 11 is 0. The minimum absolute atomic E-state index is 0.0595. The molecule has 13 rings (SSSR count). The second-order valence-corrected chi connectivity index (χ2v) is 25.8. The van der Waals surface area contributed by atoms with Gasteiger partial charge in [0.25, 0.3) is 0 Å². The molecule has 0 aromatic rings. The number of methoxy groups -OCH3 is 8. The zero-order valence-corrected chi connectivity index (χ0v) is 45.1. The molecule has 0 radical (unpaired) electrons. The van der Waals surface area contributed by atoms with Crippen molar-refractivity contribution in [3.63, 3.8) is 0 Å². The molecule has 8 bridgehead atoms. The van der Waals surface area contributed by atoms with Gasteiger partial charge in [-0.05, 0) is 98.7 Å². The van der Waals surface area contributed by atoms with Crippen molar-refractivity contribution in [2.75, 3.05) is 56.9 Å². The van der Waals surface area contributed by atoms with Gasteiger partial charge < -0.3 is 37.9 Å². The number of fused-ring (bicyclic) bond motifs is 24. The Morgan fingerprint density at radius 1 is 0.194 bits per heavy atom. The maximum Gasteiger partial charge on any atom is 0.0663 e. The second-order valence-electron chi connectivity index (χ2n) is 25.8. The van der Waals surface area contributed by atoms with Crippen molar-refractivity contribution >= 4 is 0 Å². The Bertz CT molecular complexity index is 1490. The molecule has 5 heterocycles. The molecule has 24 unspecified atom stereocenters. The molecule has 0 spiro atoms. The van der Waals surface area contributed by atoms with Gasteiger partial charge in [-0.15, -0.1) is 0 Å². The summed E-state index contributed by atoms with van der Waals surface area (Å²) < 4.78 is 55.0. The molecule has 8 saturated carbocycles. The van der Waals surface area contributed by atoms with Gasteiger partial charge in [0.05, 0.1) is 98.2 Å². The monoisotopic (exact) mass is 1010 g/mol. The highest BCUT2D eigenvalue weighted by Gasteiger charge is 2.68. The lowest BCUT2D eigenvalue weighted by molar-refractivity contribution is -0.165. The molecular formula is C56H96N8O8. The average molecular weight is 1010 g/mol. The van der Waals surface area contributed by atoms with Crippen LogP contribution < -0.4 is 42.5 Å². The SMILES string of the molecule is COC1C2CCCCC2C(OC)C2C3NC(NC4NC(NC5NC(NC6NC(N3)C3C(OC)C7CCCCC7C(OC)C63)C3C(OC)C6CCCCC6C(OC)C53)C3C(OC)C5CCCCC5C(OC)C43)C12. The molecule has 408 valence electrons. The number of hydrogen-bond donors (Lipinski definition) is 8. The summed E-state index contributed by atoms with van der Waals surface area (Å²) in [7, 11) is 15.9. The topological polar surface area (TPSA) is 170 Å². The summed E-state index contributed by atoms with van der Waals surface area (Å²) in [5, 5.41) is 35.3. The largest absolute Gasteiger partial charge is 0.381 e. The Hall–Kier alpha value is -0.640. The molecule has 24 atom stereocenters. The van der Waals surface area contributed by atoms with Crippen LogP contribution in [0.1, 0.15) is 103 Å². The molecule has 8 aliphatic carbocycles. The summed E-state index contributed by atoms with van der Waals surface area (Å²) in [6, 6.07) is 0. The minimum atomic E-state index is -0.0595. The first-order valence-corrected chi connectivity index (χ1v) is 29.7. The molecule has 13 aliphatic rings. The first-order valence-electron chi connectivity index (χ1n) is 29.7. The van der Waals surface area contributed by atoms with E-state index in [2.05, 4.69) is 42.5 Å². The van der Waals surface area contributed by atoms with E-state index >= 15 is 0 Å². The Morgan fingerprint density at radius 2 is 0.306 bits per heavy atom. The van der Waals surface area contributed by atoms with Gasteiger partial charge in [-0.25, -0.2) is 0 Å². The molecule has 13 fully saturated rings. The zero-order chi connectivity index (χ0) is 49.1. The number of rotatable bonds is 8. The minimum Gasteiger partial charge on any atom is -0.381 e. The fourth-order valence-electron chi connectivity index (χ4n) is 21.7. The van der Waals surface area contributed by atoms with Gasteiger partial charge in [-0.2, -0.15) is 0 Å². The fourth-order valence-corrected chi connectivity index (χ4v) is 21.7. The number of hydrogen-bond acceptors (Lipinski definition) is 16. The van der Waals surface area contributed by atoms with Crippen molar-refractivity contribution in [1.29, 1.82) is 0 Å². The number of ether oxygens (including phenoxy) is 8. The summed E-state index contributed by atoms with van der Waals surface area (Å²) in [5.74, 6) is 4.82. The van der Waals surface area contributed by atoms with Crippen LogP contribution in [0.5, 0.6) is 0 Å². The quantitative estimate of drug-likeness (QED) is 0.177. The molecule has 5 aliphatic heterocycles. The summed E-state index contributed by atoms with van der Waals surface area (Å²) in [6.07, 6.45) is 19.7. The van der Waals surface area contributed by atoms with Crippen molar-refractivity contribution < 1.29 is 37.9 Å². The standard InChI is InChI=1S/C56H96N8O8/c1-65-41-25-17-9-10-18-26(25)42(66-2)34-33(41)49-57-50(34)62-52-37-38(46(70-6)30-22-14-13-21-29(30)45(37)69-5)54(59-52)64-56-40-39(47(71-7)31-23-15-16-24-32(31)48(40)72-8)55(60-56)63-53-36-35(51(58-53)61-49)43(67-3)27-19-11-12-20-28(27)44(36)68-4/h25-64H,9-24H2,1-8H3. The van der Waals surface area contributed by atoms with Gasteiger partial charge >= 0.3 is 0 Å². The predicted molar refractivity (Wildman–Crippen MR) is 271 cm³/mol. The van der Waals surface area contributed by atoms with E-state index in [1.165, 1.54) is 103 Å². The van der Waals surface area contributed by atoms with Crippen molar-refractivity contribution in [1.82, 2.24) is 42.5 Å². The van der Waals surface area contributed by atoms with E-state index in [0.717, 1.165) is 0 Å². The van der Waals surface area contributed by atoms with Crippen LogP contribution in [-0.4, -0.2) is 155 Å². The van der Waals surface area contributed by atoms with Crippen LogP contribution >= 0.6 is 0 Å². The van der Waals surface area contributed by atoms with Crippen LogP contribution in [0.2, 0.25) is 0 Å². The third kappa shape index (κ3) is 7.84. The summed E-state index contributed by atoms with van der Waals surface area (Å²) in [5.41, 5.74) is 0. The van der Waals surface area contributed by atoms with Gasteiger partial charge in [0.2, 0.25) is 0 Å². The van der Waals surface area contributed by atoms with Crippen LogP contribution in [0.15, 0.2) is 0 Å². The smallest absolute Gasteiger partial charge is 0.0663 e. The molecule has 5 saturated heterocycles. The van der Waals surface area contributed by atoms with Gasteiger partial charge in [0, 0.05) is 104 Å². The van der Waals surface area contributed by atoms with E-state index in [-0.39, 0.29) is 146 Å². The summed E-state index contributed by atoms with van der Waals surface area (Å²) in [4.78, 5) is 0. The Labute approximate surface area is 431 Å². The molecule has 8 N–H and O–H groups in total. The van der Waals surface area contributed by atoms with Gasteiger partial charge in [-0.3, -0.25) is 42.5 Å². The lowest BCUT2D eigenvalue weighted by atomic mass is 9.58. The van der Waals surface area contributed by atoms with Gasteiger partial charge in [-0.1, -0.05) is 51.4 Å². The van der Waals surface area contributed by atoms with Crippen LogP contribution in [0.25, 0.3) is 0 Å². The second kappa shape index (κ2) is 20.9. The average Bonchev–Trinajstić information content (AvgIpc) is 4.16. The Kier molecular flexibility index (Phi) is 14.7. The lowest BCUT2D eigenvalue weighted by Crippen LogP contribution is -2.63.